The molecular weight excluding hydrogens is 442 g/mol. The van der Waals surface area contributed by atoms with Crippen LogP contribution in [0.1, 0.15) is 32.9 Å². The van der Waals surface area contributed by atoms with Gasteiger partial charge in [0.05, 0.1) is 11.3 Å². The number of rotatable bonds is 3. The number of alkyl halides is 3. The molecule has 4 rings (SSSR count). The molecule has 0 fully saturated rings. The number of halogens is 4. The lowest BCUT2D eigenvalue weighted by Crippen LogP contribution is -2.31. The van der Waals surface area contributed by atoms with Gasteiger partial charge in [-0.1, -0.05) is 24.3 Å². The fourth-order valence-electron chi connectivity index (χ4n) is 3.14. The highest BCUT2D eigenvalue weighted by atomic mass is 19.4. The van der Waals surface area contributed by atoms with Crippen LogP contribution in [0.2, 0.25) is 0 Å². The van der Waals surface area contributed by atoms with E-state index in [-0.39, 0.29) is 11.6 Å². The predicted molar refractivity (Wildman–Crippen MR) is 114 cm³/mol. The number of fused-ring (bicyclic) bond motifs is 1. The SMILES string of the molecule is Cc1ccccc1/C=C(/F)c1cc(-c2cc3c([nH]2)CCNC3=O)ccn1.O=C(O)C(F)(F)F. The van der Waals surface area contributed by atoms with E-state index in [2.05, 4.69) is 15.3 Å². The molecule has 172 valence electrons. The van der Waals surface area contributed by atoms with Crippen LogP contribution in [0.15, 0.2) is 48.7 Å². The fraction of sp³-hybridized carbons (Fsp3) is 0.174. The van der Waals surface area contributed by atoms with E-state index in [0.29, 0.717) is 12.1 Å². The summed E-state index contributed by atoms with van der Waals surface area (Å²) < 4.78 is 46.4. The van der Waals surface area contributed by atoms with Gasteiger partial charge in [0.2, 0.25) is 0 Å². The van der Waals surface area contributed by atoms with Crippen molar-refractivity contribution in [2.45, 2.75) is 19.5 Å². The van der Waals surface area contributed by atoms with Gasteiger partial charge in [-0.15, -0.1) is 0 Å². The smallest absolute Gasteiger partial charge is 0.475 e. The topological polar surface area (TPSA) is 95.1 Å². The van der Waals surface area contributed by atoms with Crippen molar-refractivity contribution in [2.24, 2.45) is 0 Å². The van der Waals surface area contributed by atoms with E-state index in [1.807, 2.05) is 37.3 Å². The Balaban J connectivity index is 0.000000383. The highest BCUT2D eigenvalue weighted by Crippen LogP contribution is 2.27. The molecule has 0 radical (unpaired) electrons. The summed E-state index contributed by atoms with van der Waals surface area (Å²) in [4.78, 5) is 28.2. The van der Waals surface area contributed by atoms with E-state index in [0.717, 1.165) is 34.5 Å². The van der Waals surface area contributed by atoms with Crippen LogP contribution in [-0.2, 0) is 11.2 Å². The molecule has 0 saturated carbocycles. The molecule has 0 saturated heterocycles. The zero-order valence-corrected chi connectivity index (χ0v) is 17.3. The number of aryl methyl sites for hydroxylation is 1. The van der Waals surface area contributed by atoms with Crippen molar-refractivity contribution < 1.29 is 32.3 Å². The molecule has 0 spiro atoms. The number of amides is 1. The summed E-state index contributed by atoms with van der Waals surface area (Å²) in [6.45, 7) is 2.57. The van der Waals surface area contributed by atoms with Crippen LogP contribution in [-0.4, -0.2) is 39.7 Å². The third-order valence-electron chi connectivity index (χ3n) is 4.83. The molecule has 3 aromatic rings. The van der Waals surface area contributed by atoms with Crippen LogP contribution >= 0.6 is 0 Å². The molecule has 2 aromatic heterocycles. The van der Waals surface area contributed by atoms with Crippen LogP contribution in [0.25, 0.3) is 23.2 Å². The normalized spacial score (nSPS) is 13.5. The number of H-pyrrole nitrogens is 1. The molecule has 3 heterocycles. The predicted octanol–water partition coefficient (Wildman–Crippen LogP) is 4.77. The van der Waals surface area contributed by atoms with Crippen LogP contribution < -0.4 is 5.32 Å². The first-order chi connectivity index (χ1) is 15.6. The quantitative estimate of drug-likeness (QED) is 0.490. The lowest BCUT2D eigenvalue weighted by molar-refractivity contribution is -0.192. The Morgan fingerprint density at radius 3 is 2.52 bits per heavy atom. The first-order valence-corrected chi connectivity index (χ1v) is 9.76. The number of carbonyl (C=O) groups is 2. The van der Waals surface area contributed by atoms with Gasteiger partial charge in [-0.05, 0) is 42.3 Å². The summed E-state index contributed by atoms with van der Waals surface area (Å²) in [6, 6.07) is 12.9. The highest BCUT2D eigenvalue weighted by Gasteiger charge is 2.38. The molecule has 1 aliphatic rings. The Morgan fingerprint density at radius 2 is 1.88 bits per heavy atom. The number of hydrogen-bond acceptors (Lipinski definition) is 3. The number of nitrogens with one attached hydrogen (secondary N) is 2. The van der Waals surface area contributed by atoms with E-state index in [9.17, 15) is 22.4 Å². The van der Waals surface area contributed by atoms with Gasteiger partial charge < -0.3 is 15.4 Å². The third kappa shape index (κ3) is 5.85. The Labute approximate surface area is 186 Å². The van der Waals surface area contributed by atoms with Crippen molar-refractivity contribution in [1.29, 1.82) is 0 Å². The number of hydrogen-bond donors (Lipinski definition) is 3. The summed E-state index contributed by atoms with van der Waals surface area (Å²) in [7, 11) is 0. The van der Waals surface area contributed by atoms with E-state index in [1.165, 1.54) is 6.08 Å². The number of aromatic nitrogens is 2. The van der Waals surface area contributed by atoms with Crippen molar-refractivity contribution in [3.05, 3.63) is 76.7 Å². The Morgan fingerprint density at radius 1 is 1.18 bits per heavy atom. The van der Waals surface area contributed by atoms with Crippen molar-refractivity contribution in [1.82, 2.24) is 15.3 Å². The Kier molecular flexibility index (Phi) is 6.95. The minimum atomic E-state index is -5.08. The molecule has 10 heteroatoms. The van der Waals surface area contributed by atoms with Gasteiger partial charge in [0.15, 0.2) is 0 Å². The van der Waals surface area contributed by atoms with Crippen molar-refractivity contribution in [3.63, 3.8) is 0 Å². The summed E-state index contributed by atoms with van der Waals surface area (Å²) in [5.74, 6) is -3.23. The first kappa shape index (κ1) is 23.7. The summed E-state index contributed by atoms with van der Waals surface area (Å²) in [5.41, 5.74) is 5.25. The maximum atomic E-state index is 14.7. The van der Waals surface area contributed by atoms with Gasteiger partial charge in [-0.3, -0.25) is 9.78 Å². The van der Waals surface area contributed by atoms with Crippen LogP contribution in [0.4, 0.5) is 17.6 Å². The number of pyridine rings is 1. The number of carboxylic acids is 1. The minimum Gasteiger partial charge on any atom is -0.475 e. The first-order valence-electron chi connectivity index (χ1n) is 9.76. The van der Waals surface area contributed by atoms with E-state index < -0.39 is 18.0 Å². The summed E-state index contributed by atoms with van der Waals surface area (Å²) in [6.07, 6.45) is -1.25. The fourth-order valence-corrected chi connectivity index (χ4v) is 3.14. The van der Waals surface area contributed by atoms with Gasteiger partial charge in [0, 0.05) is 36.1 Å². The largest absolute Gasteiger partial charge is 0.490 e. The molecule has 0 aliphatic carbocycles. The van der Waals surface area contributed by atoms with Gasteiger partial charge in [0.25, 0.3) is 5.91 Å². The Hall–Kier alpha value is -3.95. The average Bonchev–Trinajstić information content (AvgIpc) is 3.21. The Bertz CT molecular complexity index is 1220. The van der Waals surface area contributed by atoms with E-state index >= 15 is 0 Å². The number of aromatic amines is 1. The molecule has 1 amide bonds. The second kappa shape index (κ2) is 9.68. The van der Waals surface area contributed by atoms with Crippen molar-refractivity contribution in [2.75, 3.05) is 6.54 Å². The number of nitrogens with zero attached hydrogens (tertiary/aromatic N) is 1. The number of carboxylic acid groups (broad SMARTS) is 1. The van der Waals surface area contributed by atoms with E-state index in [4.69, 9.17) is 9.90 Å². The summed E-state index contributed by atoms with van der Waals surface area (Å²) in [5, 5.41) is 9.95. The number of benzene rings is 1. The molecule has 33 heavy (non-hydrogen) atoms. The van der Waals surface area contributed by atoms with Crippen LogP contribution in [0.3, 0.4) is 0 Å². The highest BCUT2D eigenvalue weighted by molar-refractivity contribution is 5.97. The van der Waals surface area contributed by atoms with Gasteiger partial charge in [-0.25, -0.2) is 9.18 Å². The zero-order chi connectivity index (χ0) is 24.2. The van der Waals surface area contributed by atoms with Crippen molar-refractivity contribution in [3.8, 4) is 11.3 Å². The molecule has 0 unspecified atom stereocenters. The molecule has 6 nitrogen and oxygen atoms in total. The maximum Gasteiger partial charge on any atom is 0.490 e. The maximum absolute atomic E-state index is 14.7. The van der Waals surface area contributed by atoms with Crippen molar-refractivity contribution >= 4 is 23.8 Å². The van der Waals surface area contributed by atoms with Gasteiger partial charge in [0.1, 0.15) is 5.83 Å². The monoisotopic (exact) mass is 461 g/mol. The number of aliphatic carboxylic acids is 1. The molecule has 0 bridgehead atoms. The number of carbonyl (C=O) groups excluding carboxylic acids is 1. The van der Waals surface area contributed by atoms with E-state index in [1.54, 1.807) is 18.3 Å². The third-order valence-corrected chi connectivity index (χ3v) is 4.83. The minimum absolute atomic E-state index is 0.0753. The van der Waals surface area contributed by atoms with Gasteiger partial charge in [-0.2, -0.15) is 13.2 Å². The van der Waals surface area contributed by atoms with Crippen LogP contribution in [0.5, 0.6) is 0 Å². The molecular formula is C23H19F4N3O3. The molecule has 1 aliphatic heterocycles. The standard InChI is InChI=1S/C21H18FN3O.C2HF3O2/c1-13-4-2-3-5-14(13)10-17(22)20-11-15(6-8-23-20)19-12-16-18(25-19)7-9-24-21(16)26;3-2(4,5)1(6)7/h2-6,8,10-12,25H,7,9H2,1H3,(H,24,26);(H,6,7)/b17-10+;. The van der Waals surface area contributed by atoms with Gasteiger partial charge >= 0.3 is 12.1 Å². The van der Waals surface area contributed by atoms with Crippen LogP contribution in [0, 0.1) is 6.92 Å². The molecule has 3 N–H and O–H groups in total. The summed E-state index contributed by atoms with van der Waals surface area (Å²) >= 11 is 0. The second-order valence-corrected chi connectivity index (χ2v) is 7.16. The molecule has 1 aromatic carbocycles. The lowest BCUT2D eigenvalue weighted by Gasteiger charge is -2.10. The zero-order valence-electron chi connectivity index (χ0n) is 17.3. The average molecular weight is 461 g/mol. The molecule has 0 atom stereocenters. The second-order valence-electron chi connectivity index (χ2n) is 7.16. The lowest BCUT2D eigenvalue weighted by atomic mass is 10.1.